The van der Waals surface area contributed by atoms with Crippen molar-refractivity contribution in [1.82, 2.24) is 15.2 Å². The predicted molar refractivity (Wildman–Crippen MR) is 93.8 cm³/mol. The minimum Gasteiger partial charge on any atom is -0.316 e. The van der Waals surface area contributed by atoms with Gasteiger partial charge in [0, 0.05) is 36.2 Å². The van der Waals surface area contributed by atoms with Gasteiger partial charge in [-0.25, -0.2) is 0 Å². The summed E-state index contributed by atoms with van der Waals surface area (Å²) in [4.78, 5) is 7.12. The number of rotatable bonds is 2. The number of halogens is 2. The fraction of sp³-hybridized carbons (Fsp3) is 0.471. The Balaban J connectivity index is 0.00000144. The van der Waals surface area contributed by atoms with Gasteiger partial charge in [-0.05, 0) is 55.1 Å². The van der Waals surface area contributed by atoms with Crippen LogP contribution in [-0.4, -0.2) is 36.1 Å². The molecule has 1 unspecified atom stereocenters. The van der Waals surface area contributed by atoms with Crippen molar-refractivity contribution < 1.29 is 0 Å². The highest BCUT2D eigenvalue weighted by atomic mass is 35.5. The number of hydrogen-bond donors (Lipinski definition) is 1. The highest BCUT2D eigenvalue weighted by molar-refractivity contribution is 6.35. The Morgan fingerprint density at radius 3 is 3.00 bits per heavy atom. The van der Waals surface area contributed by atoms with Crippen LogP contribution in [0.1, 0.15) is 18.4 Å². The maximum absolute atomic E-state index is 6.28. The highest BCUT2D eigenvalue weighted by Gasteiger charge is 2.40. The van der Waals surface area contributed by atoms with Crippen LogP contribution >= 0.6 is 24.0 Å². The number of aromatic nitrogens is 1. The molecule has 22 heavy (non-hydrogen) atoms. The normalized spacial score (nSPS) is 25.0. The Labute approximate surface area is 142 Å². The first-order chi connectivity index (χ1) is 10.3. The third-order valence-electron chi connectivity index (χ3n) is 5.04. The van der Waals surface area contributed by atoms with Crippen LogP contribution in [0.2, 0.25) is 5.02 Å². The molecule has 5 heteroatoms. The van der Waals surface area contributed by atoms with Crippen LogP contribution in [0.4, 0.5) is 0 Å². The monoisotopic (exact) mass is 337 g/mol. The van der Waals surface area contributed by atoms with Crippen molar-refractivity contribution in [3.63, 3.8) is 0 Å². The molecule has 0 bridgehead atoms. The Morgan fingerprint density at radius 1 is 1.27 bits per heavy atom. The minimum atomic E-state index is 0. The number of pyridine rings is 1. The summed E-state index contributed by atoms with van der Waals surface area (Å²) in [5, 5.41) is 5.37. The van der Waals surface area contributed by atoms with E-state index < -0.39 is 0 Å². The van der Waals surface area contributed by atoms with E-state index in [0.29, 0.717) is 5.41 Å². The van der Waals surface area contributed by atoms with E-state index in [1.54, 1.807) is 0 Å². The molecule has 0 aliphatic carbocycles. The molecule has 1 aromatic carbocycles. The molecule has 1 spiro atoms. The summed E-state index contributed by atoms with van der Waals surface area (Å²) in [7, 11) is 0. The van der Waals surface area contributed by atoms with E-state index in [4.69, 9.17) is 11.6 Å². The van der Waals surface area contributed by atoms with Gasteiger partial charge in [-0.15, -0.1) is 12.4 Å². The minimum absolute atomic E-state index is 0. The van der Waals surface area contributed by atoms with E-state index in [-0.39, 0.29) is 12.4 Å². The van der Waals surface area contributed by atoms with E-state index in [1.165, 1.54) is 44.6 Å². The third kappa shape index (κ3) is 2.83. The zero-order chi connectivity index (χ0) is 14.3. The van der Waals surface area contributed by atoms with Gasteiger partial charge in [0.2, 0.25) is 0 Å². The summed E-state index contributed by atoms with van der Waals surface area (Å²) < 4.78 is 0. The molecule has 2 fully saturated rings. The van der Waals surface area contributed by atoms with E-state index in [9.17, 15) is 0 Å². The van der Waals surface area contributed by atoms with Crippen molar-refractivity contribution >= 4 is 34.9 Å². The smallest absolute Gasteiger partial charge is 0.0761 e. The first kappa shape index (κ1) is 16.0. The zero-order valence-corrected chi connectivity index (χ0v) is 14.1. The molecule has 0 radical (unpaired) electrons. The molecule has 2 aliphatic rings. The van der Waals surface area contributed by atoms with Crippen molar-refractivity contribution in [3.8, 4) is 0 Å². The molecule has 2 aliphatic heterocycles. The maximum Gasteiger partial charge on any atom is 0.0761 e. The summed E-state index contributed by atoms with van der Waals surface area (Å²) in [6.45, 7) is 5.74. The highest BCUT2D eigenvalue weighted by Crippen LogP contribution is 2.37. The number of likely N-dealkylation sites (tertiary alicyclic amines) is 1. The van der Waals surface area contributed by atoms with Crippen LogP contribution in [0.25, 0.3) is 10.9 Å². The summed E-state index contributed by atoms with van der Waals surface area (Å²) in [6.07, 6.45) is 4.50. The second kappa shape index (κ2) is 6.32. The molecular formula is C17H21Cl2N3. The lowest BCUT2D eigenvalue weighted by molar-refractivity contribution is 0.269. The van der Waals surface area contributed by atoms with Gasteiger partial charge in [-0.2, -0.15) is 0 Å². The van der Waals surface area contributed by atoms with Gasteiger partial charge < -0.3 is 5.32 Å². The first-order valence-electron chi connectivity index (χ1n) is 7.71. The molecule has 1 aromatic heterocycles. The van der Waals surface area contributed by atoms with Gasteiger partial charge in [-0.1, -0.05) is 17.7 Å². The fourth-order valence-electron chi connectivity index (χ4n) is 3.87. The van der Waals surface area contributed by atoms with E-state index in [0.717, 1.165) is 22.5 Å². The van der Waals surface area contributed by atoms with Crippen molar-refractivity contribution in [2.75, 3.05) is 26.2 Å². The number of benzene rings is 1. The lowest BCUT2D eigenvalue weighted by Crippen LogP contribution is -2.29. The standard InChI is InChI=1S/C17H20ClN3.ClH/c18-15-4-3-13(16-14(15)2-1-7-20-16)10-21-9-6-17(12-21)5-8-19-11-17;/h1-4,7,19H,5-6,8-12H2;1H. The Hall–Kier alpha value is -0.870. The molecule has 2 saturated heterocycles. The number of nitrogens with zero attached hydrogens (tertiary/aromatic N) is 2. The van der Waals surface area contributed by atoms with Gasteiger partial charge >= 0.3 is 0 Å². The lowest BCUT2D eigenvalue weighted by atomic mass is 9.86. The molecule has 1 N–H and O–H groups in total. The van der Waals surface area contributed by atoms with Crippen molar-refractivity contribution in [3.05, 3.63) is 41.0 Å². The molecule has 1 atom stereocenters. The Kier molecular flexibility index (Phi) is 4.60. The largest absolute Gasteiger partial charge is 0.316 e. The van der Waals surface area contributed by atoms with Crippen LogP contribution in [0.3, 0.4) is 0 Å². The number of fused-ring (bicyclic) bond motifs is 1. The van der Waals surface area contributed by atoms with Crippen LogP contribution in [0, 0.1) is 5.41 Å². The van der Waals surface area contributed by atoms with E-state index >= 15 is 0 Å². The topological polar surface area (TPSA) is 28.2 Å². The zero-order valence-electron chi connectivity index (χ0n) is 12.5. The Morgan fingerprint density at radius 2 is 2.18 bits per heavy atom. The molecule has 2 aromatic rings. The summed E-state index contributed by atoms with van der Waals surface area (Å²) in [5.74, 6) is 0. The van der Waals surface area contributed by atoms with E-state index in [2.05, 4.69) is 27.3 Å². The van der Waals surface area contributed by atoms with Gasteiger partial charge in [0.1, 0.15) is 0 Å². The molecular weight excluding hydrogens is 317 g/mol. The summed E-state index contributed by atoms with van der Waals surface area (Å²) >= 11 is 6.28. The summed E-state index contributed by atoms with van der Waals surface area (Å²) in [6, 6.07) is 8.15. The third-order valence-corrected chi connectivity index (χ3v) is 5.37. The van der Waals surface area contributed by atoms with Gasteiger partial charge in [-0.3, -0.25) is 9.88 Å². The molecule has 3 nitrogen and oxygen atoms in total. The molecule has 3 heterocycles. The average Bonchev–Trinajstić information content (AvgIpc) is 3.13. The quantitative estimate of drug-likeness (QED) is 0.909. The van der Waals surface area contributed by atoms with Crippen LogP contribution in [0.15, 0.2) is 30.5 Å². The second-order valence-corrected chi connectivity index (χ2v) is 6.90. The van der Waals surface area contributed by atoms with E-state index in [1.807, 2.05) is 18.3 Å². The van der Waals surface area contributed by atoms with Crippen LogP contribution < -0.4 is 5.32 Å². The lowest BCUT2D eigenvalue weighted by Gasteiger charge is -2.23. The fourth-order valence-corrected chi connectivity index (χ4v) is 4.09. The number of nitrogens with one attached hydrogen (secondary N) is 1. The van der Waals surface area contributed by atoms with Crippen molar-refractivity contribution in [2.24, 2.45) is 5.41 Å². The molecule has 4 rings (SSSR count). The maximum atomic E-state index is 6.28. The Bertz CT molecular complexity index is 668. The number of hydrogen-bond acceptors (Lipinski definition) is 3. The molecule has 0 saturated carbocycles. The van der Waals surface area contributed by atoms with Crippen molar-refractivity contribution in [1.29, 1.82) is 0 Å². The van der Waals surface area contributed by atoms with Crippen molar-refractivity contribution in [2.45, 2.75) is 19.4 Å². The first-order valence-corrected chi connectivity index (χ1v) is 8.09. The van der Waals surface area contributed by atoms with Crippen LogP contribution in [-0.2, 0) is 6.54 Å². The molecule has 0 amide bonds. The SMILES string of the molecule is Cl.Clc1ccc(CN2CCC3(CCNC3)C2)c2ncccc12. The second-order valence-electron chi connectivity index (χ2n) is 6.49. The van der Waals surface area contributed by atoms with Gasteiger partial charge in [0.05, 0.1) is 5.52 Å². The van der Waals surface area contributed by atoms with Crippen LogP contribution in [0.5, 0.6) is 0 Å². The molecule has 118 valence electrons. The van der Waals surface area contributed by atoms with Gasteiger partial charge in [0.25, 0.3) is 0 Å². The average molecular weight is 338 g/mol. The van der Waals surface area contributed by atoms with Gasteiger partial charge in [0.15, 0.2) is 0 Å². The predicted octanol–water partition coefficient (Wildman–Crippen LogP) is 3.50. The summed E-state index contributed by atoms with van der Waals surface area (Å²) in [5.41, 5.74) is 2.86.